The minimum absolute atomic E-state index is 0.112. The number of thioether (sulfide) groups is 2. The molecule has 0 aromatic carbocycles. The van der Waals surface area contributed by atoms with Crippen molar-refractivity contribution in [1.29, 1.82) is 0 Å². The van der Waals surface area contributed by atoms with Gasteiger partial charge in [0.1, 0.15) is 0 Å². The van der Waals surface area contributed by atoms with Gasteiger partial charge in [-0.1, -0.05) is 0 Å². The summed E-state index contributed by atoms with van der Waals surface area (Å²) in [7, 11) is -3.51. The highest BCUT2D eigenvalue weighted by Crippen LogP contribution is 2.24. The number of rotatable bonds is 6. The van der Waals surface area contributed by atoms with E-state index < -0.39 is 10.0 Å². The van der Waals surface area contributed by atoms with Crippen LogP contribution in [0, 0.1) is 0 Å². The number of aromatic nitrogens is 1. The second-order valence-corrected chi connectivity index (χ2v) is 9.57. The summed E-state index contributed by atoms with van der Waals surface area (Å²) in [6.07, 6.45) is 1.60. The minimum atomic E-state index is -3.51. The van der Waals surface area contributed by atoms with Crippen LogP contribution in [0.3, 0.4) is 0 Å². The molecule has 2 rings (SSSR count). The van der Waals surface area contributed by atoms with Gasteiger partial charge >= 0.3 is 0 Å². The Morgan fingerprint density at radius 1 is 1.48 bits per heavy atom. The normalized spacial score (nSPS) is 20.1. The van der Waals surface area contributed by atoms with Crippen LogP contribution in [0.1, 0.15) is 25.6 Å². The van der Waals surface area contributed by atoms with Crippen molar-refractivity contribution in [3.8, 4) is 0 Å². The van der Waals surface area contributed by atoms with Crippen LogP contribution in [0.2, 0.25) is 0 Å². The molecule has 0 saturated carbocycles. The number of hydrogen-bond donors (Lipinski definition) is 2. The van der Waals surface area contributed by atoms with Gasteiger partial charge in [-0.15, -0.1) is 0 Å². The van der Waals surface area contributed by atoms with Crippen LogP contribution in [-0.4, -0.2) is 47.1 Å². The van der Waals surface area contributed by atoms with Crippen molar-refractivity contribution in [2.45, 2.75) is 36.6 Å². The summed E-state index contributed by atoms with van der Waals surface area (Å²) in [5, 5.41) is 9.67. The molecular formula is C13H22N2O3S3. The first-order valence-electron chi connectivity index (χ1n) is 6.94. The fourth-order valence-corrected chi connectivity index (χ4v) is 6.04. The van der Waals surface area contributed by atoms with E-state index >= 15 is 0 Å². The Morgan fingerprint density at radius 3 is 2.76 bits per heavy atom. The minimum Gasteiger partial charge on any atom is -0.390 e. The van der Waals surface area contributed by atoms with Crippen LogP contribution in [0.25, 0.3) is 0 Å². The Kier molecular flexibility index (Phi) is 6.07. The molecule has 1 saturated heterocycles. The summed E-state index contributed by atoms with van der Waals surface area (Å²) in [5.41, 5.74) is 0.618. The van der Waals surface area contributed by atoms with Gasteiger partial charge < -0.3 is 9.67 Å². The van der Waals surface area contributed by atoms with E-state index in [1.54, 1.807) is 16.8 Å². The molecule has 8 heteroatoms. The smallest absolute Gasteiger partial charge is 0.242 e. The van der Waals surface area contributed by atoms with E-state index in [1.165, 1.54) is 0 Å². The number of nitrogens with zero attached hydrogens (tertiary/aromatic N) is 1. The van der Waals surface area contributed by atoms with Crippen molar-refractivity contribution in [1.82, 2.24) is 9.29 Å². The summed E-state index contributed by atoms with van der Waals surface area (Å²) in [6, 6.07) is 1.66. The van der Waals surface area contributed by atoms with Crippen LogP contribution < -0.4 is 4.72 Å². The molecule has 0 amide bonds. The van der Waals surface area contributed by atoms with Gasteiger partial charge in [0.25, 0.3) is 0 Å². The molecule has 2 N–H and O–H groups in total. The molecule has 1 aromatic heterocycles. The first kappa shape index (κ1) is 17.2. The van der Waals surface area contributed by atoms with E-state index in [1.807, 2.05) is 37.4 Å². The van der Waals surface area contributed by atoms with Crippen molar-refractivity contribution in [3.05, 3.63) is 18.0 Å². The largest absolute Gasteiger partial charge is 0.390 e. The Hall–Kier alpha value is -0.150. The first-order valence-corrected chi connectivity index (χ1v) is 10.6. The van der Waals surface area contributed by atoms with E-state index in [-0.39, 0.29) is 17.5 Å². The lowest BCUT2D eigenvalue weighted by Crippen LogP contribution is -2.33. The molecule has 120 valence electrons. The third-order valence-electron chi connectivity index (χ3n) is 3.32. The molecular weight excluding hydrogens is 328 g/mol. The van der Waals surface area contributed by atoms with E-state index in [2.05, 4.69) is 4.72 Å². The van der Waals surface area contributed by atoms with Crippen molar-refractivity contribution in [3.63, 3.8) is 0 Å². The SMILES string of the molecule is CC(C)n1cc(S(=O)(=O)NCC2CSCCS2)cc1CO. The number of aliphatic hydroxyl groups excluding tert-OH is 1. The number of hydrogen-bond acceptors (Lipinski definition) is 5. The number of sulfonamides is 1. The van der Waals surface area contributed by atoms with Crippen LogP contribution >= 0.6 is 23.5 Å². The van der Waals surface area contributed by atoms with Gasteiger partial charge in [0.15, 0.2) is 0 Å². The van der Waals surface area contributed by atoms with E-state index in [0.29, 0.717) is 17.5 Å². The van der Waals surface area contributed by atoms with Gasteiger partial charge in [0.05, 0.1) is 11.5 Å². The molecule has 0 spiro atoms. The standard InChI is InChI=1S/C13H22N2O3S3/c1-10(2)15-7-13(5-11(15)8-16)21(17,18)14-6-12-9-19-3-4-20-12/h5,7,10,12,14,16H,3-4,6,8-9H2,1-2H3. The second-order valence-electron chi connectivity index (χ2n) is 5.25. The van der Waals surface area contributed by atoms with Crippen LogP contribution in [0.4, 0.5) is 0 Å². The monoisotopic (exact) mass is 350 g/mol. The Labute approximate surface area is 134 Å². The molecule has 1 aliphatic rings. The average molecular weight is 351 g/mol. The zero-order valence-electron chi connectivity index (χ0n) is 12.3. The lowest BCUT2D eigenvalue weighted by molar-refractivity contribution is 0.268. The lowest BCUT2D eigenvalue weighted by Gasteiger charge is -2.20. The summed E-state index contributed by atoms with van der Waals surface area (Å²) < 4.78 is 29.2. The van der Waals surface area contributed by atoms with Gasteiger partial charge in [-0.05, 0) is 19.9 Å². The van der Waals surface area contributed by atoms with E-state index in [4.69, 9.17) is 0 Å². The summed E-state index contributed by atoms with van der Waals surface area (Å²) >= 11 is 3.69. The Bertz CT molecular complexity index is 563. The third kappa shape index (κ3) is 4.41. The van der Waals surface area contributed by atoms with Crippen LogP contribution in [-0.2, 0) is 16.6 Å². The van der Waals surface area contributed by atoms with Crippen LogP contribution in [0.15, 0.2) is 17.2 Å². The van der Waals surface area contributed by atoms with Gasteiger partial charge in [-0.25, -0.2) is 13.1 Å². The van der Waals surface area contributed by atoms with Crippen molar-refractivity contribution < 1.29 is 13.5 Å². The average Bonchev–Trinajstić information content (AvgIpc) is 2.92. The van der Waals surface area contributed by atoms with Crippen LogP contribution in [0.5, 0.6) is 0 Å². The fraction of sp³-hybridized carbons (Fsp3) is 0.692. The van der Waals surface area contributed by atoms with Crippen molar-refractivity contribution >= 4 is 33.5 Å². The van der Waals surface area contributed by atoms with Crippen molar-refractivity contribution in [2.75, 3.05) is 23.8 Å². The van der Waals surface area contributed by atoms with Gasteiger partial charge in [-0.3, -0.25) is 0 Å². The van der Waals surface area contributed by atoms with E-state index in [9.17, 15) is 13.5 Å². The summed E-state index contributed by atoms with van der Waals surface area (Å²) in [6.45, 7) is 4.21. The molecule has 1 aliphatic heterocycles. The molecule has 0 aliphatic carbocycles. The van der Waals surface area contributed by atoms with Crippen molar-refractivity contribution in [2.24, 2.45) is 0 Å². The summed E-state index contributed by atoms with van der Waals surface area (Å²) in [4.78, 5) is 0.230. The molecule has 21 heavy (non-hydrogen) atoms. The van der Waals surface area contributed by atoms with E-state index in [0.717, 1.165) is 17.3 Å². The fourth-order valence-electron chi connectivity index (χ4n) is 2.19. The Morgan fingerprint density at radius 2 is 2.24 bits per heavy atom. The molecule has 1 unspecified atom stereocenters. The highest BCUT2D eigenvalue weighted by Gasteiger charge is 2.22. The predicted octanol–water partition coefficient (Wildman–Crippen LogP) is 1.69. The lowest BCUT2D eigenvalue weighted by atomic mass is 10.3. The molecule has 0 bridgehead atoms. The van der Waals surface area contributed by atoms with Gasteiger partial charge in [0, 0.05) is 47.0 Å². The maximum Gasteiger partial charge on any atom is 0.242 e. The first-order chi connectivity index (χ1) is 9.94. The zero-order chi connectivity index (χ0) is 15.5. The molecule has 1 atom stereocenters. The highest BCUT2D eigenvalue weighted by molar-refractivity contribution is 8.06. The molecule has 5 nitrogen and oxygen atoms in total. The number of nitrogens with one attached hydrogen (secondary N) is 1. The quantitative estimate of drug-likeness (QED) is 0.817. The Balaban J connectivity index is 2.08. The predicted molar refractivity (Wildman–Crippen MR) is 89.5 cm³/mol. The maximum absolute atomic E-state index is 12.4. The molecule has 1 aromatic rings. The van der Waals surface area contributed by atoms with Gasteiger partial charge in [0.2, 0.25) is 10.0 Å². The summed E-state index contributed by atoms with van der Waals surface area (Å²) in [5.74, 6) is 3.21. The maximum atomic E-state index is 12.4. The third-order valence-corrected chi connectivity index (χ3v) is 7.56. The molecule has 2 heterocycles. The van der Waals surface area contributed by atoms with Gasteiger partial charge in [-0.2, -0.15) is 23.5 Å². The molecule has 0 radical (unpaired) electrons. The highest BCUT2D eigenvalue weighted by atomic mass is 32.2. The second kappa shape index (κ2) is 7.41. The number of aliphatic hydroxyl groups is 1. The topological polar surface area (TPSA) is 71.3 Å². The zero-order valence-corrected chi connectivity index (χ0v) is 14.7. The molecule has 1 fully saturated rings.